The minimum atomic E-state index is -0.174. The molecule has 166 valence electrons. The maximum atomic E-state index is 13.7. The molecule has 1 saturated heterocycles. The fourth-order valence-corrected chi connectivity index (χ4v) is 4.54. The Balaban J connectivity index is 1.41. The zero-order valence-electron chi connectivity index (χ0n) is 18.4. The highest BCUT2D eigenvalue weighted by molar-refractivity contribution is 5.80. The molecule has 2 aliphatic rings. The van der Waals surface area contributed by atoms with E-state index in [9.17, 15) is 4.39 Å². The second-order valence-electron chi connectivity index (χ2n) is 8.69. The van der Waals surface area contributed by atoms with Gasteiger partial charge in [-0.3, -0.25) is 4.99 Å². The van der Waals surface area contributed by atoms with Gasteiger partial charge < -0.3 is 20.1 Å². The van der Waals surface area contributed by atoms with Gasteiger partial charge in [0.15, 0.2) is 5.96 Å². The molecule has 1 aliphatic heterocycles. The minimum absolute atomic E-state index is 0.00602. The molecule has 0 amide bonds. The van der Waals surface area contributed by atoms with Gasteiger partial charge in [-0.2, -0.15) is 0 Å². The number of ether oxygens (including phenoxy) is 2. The first-order chi connectivity index (χ1) is 15.1. The van der Waals surface area contributed by atoms with Gasteiger partial charge in [0, 0.05) is 44.2 Å². The summed E-state index contributed by atoms with van der Waals surface area (Å²) in [5.41, 5.74) is 2.35. The highest BCUT2D eigenvalue weighted by Gasteiger charge is 2.44. The van der Waals surface area contributed by atoms with Crippen LogP contribution in [0.1, 0.15) is 36.8 Å². The zero-order valence-corrected chi connectivity index (χ0v) is 18.4. The van der Waals surface area contributed by atoms with E-state index in [0.29, 0.717) is 0 Å². The molecule has 2 fully saturated rings. The van der Waals surface area contributed by atoms with Crippen molar-refractivity contribution < 1.29 is 13.9 Å². The molecule has 5 nitrogen and oxygen atoms in total. The van der Waals surface area contributed by atoms with E-state index in [1.165, 1.54) is 11.6 Å². The Hall–Kier alpha value is -2.60. The predicted octanol–water partition coefficient (Wildman–Crippen LogP) is 3.78. The molecule has 0 spiro atoms. The van der Waals surface area contributed by atoms with Gasteiger partial charge in [0.25, 0.3) is 0 Å². The van der Waals surface area contributed by atoms with Gasteiger partial charge in [0.2, 0.25) is 0 Å². The van der Waals surface area contributed by atoms with Crippen molar-refractivity contribution in [3.05, 3.63) is 65.5 Å². The normalized spacial score (nSPS) is 19.5. The van der Waals surface area contributed by atoms with Crippen LogP contribution in [0.15, 0.2) is 53.5 Å². The Kier molecular flexibility index (Phi) is 6.46. The number of aliphatic imine (C=N–C) groups is 1. The number of halogens is 1. The third-order valence-corrected chi connectivity index (χ3v) is 6.85. The number of hydrogen-bond acceptors (Lipinski definition) is 3. The SMILES string of the molecule is CN=C(NCC1(c2ccc(OC)cc2)CCOCC1)NCC1(c2cccc(F)c2)CC1. The lowest BCUT2D eigenvalue weighted by atomic mass is 9.74. The molecular formula is C25H32FN3O2. The lowest BCUT2D eigenvalue weighted by molar-refractivity contribution is 0.0513. The monoisotopic (exact) mass is 425 g/mol. The van der Waals surface area contributed by atoms with E-state index in [0.717, 1.165) is 69.3 Å². The molecule has 0 radical (unpaired) electrons. The molecule has 0 atom stereocenters. The van der Waals surface area contributed by atoms with E-state index in [4.69, 9.17) is 9.47 Å². The van der Waals surface area contributed by atoms with E-state index in [-0.39, 0.29) is 16.6 Å². The van der Waals surface area contributed by atoms with Crippen LogP contribution in [0.3, 0.4) is 0 Å². The van der Waals surface area contributed by atoms with E-state index >= 15 is 0 Å². The molecular weight excluding hydrogens is 393 g/mol. The number of rotatable bonds is 7. The van der Waals surface area contributed by atoms with Crippen molar-refractivity contribution >= 4 is 5.96 Å². The van der Waals surface area contributed by atoms with Crippen LogP contribution in [0.2, 0.25) is 0 Å². The van der Waals surface area contributed by atoms with Gasteiger partial charge in [0.05, 0.1) is 7.11 Å². The number of nitrogens with one attached hydrogen (secondary N) is 2. The molecule has 2 N–H and O–H groups in total. The van der Waals surface area contributed by atoms with Crippen molar-refractivity contribution in [2.45, 2.75) is 36.5 Å². The zero-order chi connectivity index (χ0) is 21.7. The Morgan fingerprint density at radius 1 is 0.968 bits per heavy atom. The summed E-state index contributed by atoms with van der Waals surface area (Å²) in [7, 11) is 3.48. The van der Waals surface area contributed by atoms with Crippen LogP contribution in [0.5, 0.6) is 5.75 Å². The fourth-order valence-electron chi connectivity index (χ4n) is 4.54. The Labute approximate surface area is 184 Å². The Bertz CT molecular complexity index is 903. The quantitative estimate of drug-likeness (QED) is 0.524. The van der Waals surface area contributed by atoms with Crippen molar-refractivity contribution in [1.82, 2.24) is 10.6 Å². The predicted molar refractivity (Wildman–Crippen MR) is 121 cm³/mol. The molecule has 1 aliphatic carbocycles. The van der Waals surface area contributed by atoms with Crippen LogP contribution in [-0.2, 0) is 15.6 Å². The van der Waals surface area contributed by atoms with E-state index in [2.05, 4.69) is 27.8 Å². The molecule has 0 bridgehead atoms. The molecule has 1 saturated carbocycles. The molecule has 1 heterocycles. The molecule has 2 aromatic carbocycles. The first kappa shape index (κ1) is 21.6. The van der Waals surface area contributed by atoms with Crippen molar-refractivity contribution in [3.8, 4) is 5.75 Å². The summed E-state index contributed by atoms with van der Waals surface area (Å²) in [6, 6.07) is 15.3. The van der Waals surface area contributed by atoms with Crippen LogP contribution in [0.4, 0.5) is 4.39 Å². The van der Waals surface area contributed by atoms with E-state index < -0.39 is 0 Å². The number of methoxy groups -OCH3 is 1. The van der Waals surface area contributed by atoms with Gasteiger partial charge >= 0.3 is 0 Å². The smallest absolute Gasteiger partial charge is 0.191 e. The molecule has 2 aromatic rings. The van der Waals surface area contributed by atoms with Gasteiger partial charge in [0.1, 0.15) is 11.6 Å². The summed E-state index contributed by atoms with van der Waals surface area (Å²) >= 11 is 0. The second kappa shape index (κ2) is 9.27. The maximum absolute atomic E-state index is 13.7. The number of guanidine groups is 1. The van der Waals surface area contributed by atoms with Crippen LogP contribution in [0.25, 0.3) is 0 Å². The summed E-state index contributed by atoms with van der Waals surface area (Å²) in [5.74, 6) is 1.47. The largest absolute Gasteiger partial charge is 0.497 e. The van der Waals surface area contributed by atoms with Gasteiger partial charge in [-0.25, -0.2) is 4.39 Å². The summed E-state index contributed by atoms with van der Waals surface area (Å²) < 4.78 is 24.7. The van der Waals surface area contributed by atoms with Crippen molar-refractivity contribution in [1.29, 1.82) is 0 Å². The van der Waals surface area contributed by atoms with Crippen LogP contribution in [-0.4, -0.2) is 46.4 Å². The molecule has 31 heavy (non-hydrogen) atoms. The first-order valence-electron chi connectivity index (χ1n) is 11.0. The van der Waals surface area contributed by atoms with E-state index in [1.807, 2.05) is 18.2 Å². The highest BCUT2D eigenvalue weighted by Crippen LogP contribution is 2.47. The summed E-state index contributed by atoms with van der Waals surface area (Å²) in [6.45, 7) is 3.02. The maximum Gasteiger partial charge on any atom is 0.191 e. The summed E-state index contributed by atoms with van der Waals surface area (Å²) in [5, 5.41) is 7.03. The Morgan fingerprint density at radius 2 is 1.61 bits per heavy atom. The Morgan fingerprint density at radius 3 is 2.16 bits per heavy atom. The minimum Gasteiger partial charge on any atom is -0.497 e. The third-order valence-electron chi connectivity index (χ3n) is 6.85. The van der Waals surface area contributed by atoms with Gasteiger partial charge in [-0.1, -0.05) is 24.3 Å². The third kappa shape index (κ3) is 4.85. The van der Waals surface area contributed by atoms with Crippen LogP contribution < -0.4 is 15.4 Å². The fraction of sp³-hybridized carbons (Fsp3) is 0.480. The van der Waals surface area contributed by atoms with Crippen molar-refractivity contribution in [2.75, 3.05) is 40.5 Å². The topological polar surface area (TPSA) is 54.9 Å². The van der Waals surface area contributed by atoms with Crippen LogP contribution in [0, 0.1) is 5.82 Å². The average molecular weight is 426 g/mol. The first-order valence-corrected chi connectivity index (χ1v) is 11.0. The average Bonchev–Trinajstić information content (AvgIpc) is 3.61. The second-order valence-corrected chi connectivity index (χ2v) is 8.69. The van der Waals surface area contributed by atoms with E-state index in [1.54, 1.807) is 26.3 Å². The summed E-state index contributed by atoms with van der Waals surface area (Å²) in [6.07, 6.45) is 4.04. The van der Waals surface area contributed by atoms with Crippen molar-refractivity contribution in [3.63, 3.8) is 0 Å². The number of nitrogens with zero attached hydrogens (tertiary/aromatic N) is 1. The molecule has 0 unspecified atom stereocenters. The highest BCUT2D eigenvalue weighted by atomic mass is 19.1. The summed E-state index contributed by atoms with van der Waals surface area (Å²) in [4.78, 5) is 4.44. The number of benzene rings is 2. The standard InChI is InChI=1S/C25H32FN3O2/c1-27-23(28-17-24(10-11-24)20-4-3-5-21(26)16-20)29-18-25(12-14-31-15-13-25)19-6-8-22(30-2)9-7-19/h3-9,16H,10-15,17-18H2,1-2H3,(H2,27,28,29). The number of hydrogen-bond donors (Lipinski definition) is 2. The van der Waals surface area contributed by atoms with Crippen molar-refractivity contribution in [2.24, 2.45) is 4.99 Å². The lowest BCUT2D eigenvalue weighted by Crippen LogP contribution is -2.49. The molecule has 0 aromatic heterocycles. The van der Waals surface area contributed by atoms with Crippen LogP contribution >= 0.6 is 0 Å². The van der Waals surface area contributed by atoms with Gasteiger partial charge in [-0.15, -0.1) is 0 Å². The van der Waals surface area contributed by atoms with Gasteiger partial charge in [-0.05, 0) is 61.1 Å². The lowest BCUT2D eigenvalue weighted by Gasteiger charge is -2.38. The molecule has 6 heteroatoms. The molecule has 4 rings (SSSR count).